The van der Waals surface area contributed by atoms with E-state index in [0.717, 1.165) is 0 Å². The summed E-state index contributed by atoms with van der Waals surface area (Å²) in [5, 5.41) is 13.6. The molecule has 0 aliphatic rings. The van der Waals surface area contributed by atoms with Gasteiger partial charge in [0.15, 0.2) is 6.10 Å². The number of carbonyl (C=O) groups is 3. The van der Waals surface area contributed by atoms with E-state index < -0.39 is 12.1 Å². The van der Waals surface area contributed by atoms with Crippen LogP contribution in [0.4, 0.5) is 5.69 Å². The van der Waals surface area contributed by atoms with E-state index in [2.05, 4.69) is 20.8 Å². The fourth-order valence-electron chi connectivity index (χ4n) is 2.55. The zero-order valence-corrected chi connectivity index (χ0v) is 16.8. The van der Waals surface area contributed by atoms with Crippen molar-refractivity contribution in [2.75, 3.05) is 5.32 Å². The Hall–Kier alpha value is -3.88. The number of rotatable bonds is 7. The Morgan fingerprint density at radius 2 is 1.57 bits per heavy atom. The Labute approximate surface area is 173 Å². The predicted molar refractivity (Wildman–Crippen MR) is 108 cm³/mol. The highest BCUT2D eigenvalue weighted by Gasteiger charge is 2.20. The van der Waals surface area contributed by atoms with Crippen LogP contribution in [0.2, 0.25) is 0 Å². The van der Waals surface area contributed by atoms with Crippen molar-refractivity contribution < 1.29 is 19.1 Å². The van der Waals surface area contributed by atoms with Gasteiger partial charge in [-0.05, 0) is 65.9 Å². The van der Waals surface area contributed by atoms with Gasteiger partial charge in [-0.25, -0.2) is 9.48 Å². The van der Waals surface area contributed by atoms with Gasteiger partial charge in [-0.1, -0.05) is 13.8 Å². The lowest BCUT2D eigenvalue weighted by Gasteiger charge is -2.13. The molecule has 1 aromatic heterocycles. The minimum atomic E-state index is -0.965. The highest BCUT2D eigenvalue weighted by atomic mass is 16.5. The van der Waals surface area contributed by atoms with Gasteiger partial charge in [-0.15, -0.1) is 5.10 Å². The molecule has 0 aliphatic carbocycles. The van der Waals surface area contributed by atoms with E-state index in [-0.39, 0.29) is 17.6 Å². The summed E-state index contributed by atoms with van der Waals surface area (Å²) in [5.41, 5.74) is 1.97. The van der Waals surface area contributed by atoms with Gasteiger partial charge in [0.25, 0.3) is 0 Å². The number of tetrazole rings is 1. The molecule has 30 heavy (non-hydrogen) atoms. The second-order valence-corrected chi connectivity index (χ2v) is 6.93. The molecular formula is C21H21N5O4. The molecule has 2 aromatic carbocycles. The van der Waals surface area contributed by atoms with Crippen molar-refractivity contribution in [3.05, 3.63) is 66.0 Å². The Morgan fingerprint density at radius 1 is 0.933 bits per heavy atom. The maximum Gasteiger partial charge on any atom is 0.338 e. The third-order valence-electron chi connectivity index (χ3n) is 4.33. The molecule has 1 N–H and O–H groups in total. The van der Waals surface area contributed by atoms with E-state index in [9.17, 15) is 14.4 Å². The second-order valence-electron chi connectivity index (χ2n) is 6.93. The van der Waals surface area contributed by atoms with Gasteiger partial charge in [-0.3, -0.25) is 9.59 Å². The number of hydrogen-bond donors (Lipinski definition) is 1. The lowest BCUT2D eigenvalue weighted by molar-refractivity contribution is -0.118. The third kappa shape index (κ3) is 4.93. The molecule has 0 radical (unpaired) electrons. The SMILES string of the molecule is CC(C)C(=O)Nc1ccc(C(=O)[C@H](C)OC(=O)c2ccc(-n3cnnn3)cc2)cc1. The molecule has 154 valence electrons. The number of nitrogens with one attached hydrogen (secondary N) is 1. The normalized spacial score (nSPS) is 11.7. The van der Waals surface area contributed by atoms with E-state index >= 15 is 0 Å². The molecule has 1 heterocycles. The summed E-state index contributed by atoms with van der Waals surface area (Å²) in [4.78, 5) is 36.7. The molecule has 9 heteroatoms. The van der Waals surface area contributed by atoms with E-state index in [1.807, 2.05) is 0 Å². The summed E-state index contributed by atoms with van der Waals surface area (Å²) < 4.78 is 6.76. The van der Waals surface area contributed by atoms with E-state index in [1.54, 1.807) is 62.4 Å². The van der Waals surface area contributed by atoms with Crippen molar-refractivity contribution in [1.82, 2.24) is 20.2 Å². The van der Waals surface area contributed by atoms with Gasteiger partial charge in [0, 0.05) is 17.2 Å². The van der Waals surface area contributed by atoms with Crippen molar-refractivity contribution in [3.63, 3.8) is 0 Å². The molecule has 0 saturated heterocycles. The number of carbonyl (C=O) groups excluding carboxylic acids is 3. The van der Waals surface area contributed by atoms with E-state index in [4.69, 9.17) is 4.74 Å². The number of amides is 1. The first-order chi connectivity index (χ1) is 14.3. The van der Waals surface area contributed by atoms with Crippen LogP contribution in [0.15, 0.2) is 54.9 Å². The molecule has 1 atom stereocenters. The molecule has 0 spiro atoms. The van der Waals surface area contributed by atoms with Crippen molar-refractivity contribution in [2.24, 2.45) is 5.92 Å². The highest BCUT2D eigenvalue weighted by molar-refractivity contribution is 6.02. The first kappa shape index (κ1) is 20.8. The van der Waals surface area contributed by atoms with Crippen LogP contribution in [0.5, 0.6) is 0 Å². The van der Waals surface area contributed by atoms with Crippen LogP contribution in [0.25, 0.3) is 5.69 Å². The smallest absolute Gasteiger partial charge is 0.338 e. The Balaban J connectivity index is 1.60. The number of ketones is 1. The van der Waals surface area contributed by atoms with Crippen molar-refractivity contribution >= 4 is 23.3 Å². The molecular weight excluding hydrogens is 386 g/mol. The summed E-state index contributed by atoms with van der Waals surface area (Å²) in [7, 11) is 0. The molecule has 0 aliphatic heterocycles. The lowest BCUT2D eigenvalue weighted by atomic mass is 10.1. The highest BCUT2D eigenvalue weighted by Crippen LogP contribution is 2.15. The van der Waals surface area contributed by atoms with Crippen LogP contribution >= 0.6 is 0 Å². The van der Waals surface area contributed by atoms with Gasteiger partial charge in [-0.2, -0.15) is 0 Å². The number of anilines is 1. The van der Waals surface area contributed by atoms with E-state index in [1.165, 1.54) is 17.9 Å². The van der Waals surface area contributed by atoms with Crippen LogP contribution in [-0.2, 0) is 9.53 Å². The van der Waals surface area contributed by atoms with Crippen LogP contribution in [-0.4, -0.2) is 44.0 Å². The maximum absolute atomic E-state index is 12.6. The number of ether oxygens (including phenoxy) is 1. The Morgan fingerprint density at radius 3 is 2.13 bits per heavy atom. The third-order valence-corrected chi connectivity index (χ3v) is 4.33. The van der Waals surface area contributed by atoms with Crippen molar-refractivity contribution in [2.45, 2.75) is 26.9 Å². The monoisotopic (exact) mass is 407 g/mol. The first-order valence-electron chi connectivity index (χ1n) is 9.34. The first-order valence-corrected chi connectivity index (χ1v) is 9.34. The van der Waals surface area contributed by atoms with Crippen LogP contribution in [0.1, 0.15) is 41.5 Å². The zero-order valence-electron chi connectivity index (χ0n) is 16.8. The van der Waals surface area contributed by atoms with E-state index in [0.29, 0.717) is 22.5 Å². The topological polar surface area (TPSA) is 116 Å². The van der Waals surface area contributed by atoms with Gasteiger partial charge in [0.05, 0.1) is 11.3 Å². The number of nitrogens with zero attached hydrogens (tertiary/aromatic N) is 4. The number of aromatic nitrogens is 4. The fourth-order valence-corrected chi connectivity index (χ4v) is 2.55. The van der Waals surface area contributed by atoms with Crippen LogP contribution in [0.3, 0.4) is 0 Å². The van der Waals surface area contributed by atoms with Crippen LogP contribution in [0, 0.1) is 5.92 Å². The molecule has 0 saturated carbocycles. The molecule has 3 rings (SSSR count). The molecule has 0 bridgehead atoms. The Kier molecular flexibility index (Phi) is 6.31. The van der Waals surface area contributed by atoms with Crippen molar-refractivity contribution in [3.8, 4) is 5.69 Å². The van der Waals surface area contributed by atoms with Crippen LogP contribution < -0.4 is 5.32 Å². The average molecular weight is 407 g/mol. The summed E-state index contributed by atoms with van der Waals surface area (Å²) >= 11 is 0. The largest absolute Gasteiger partial charge is 0.451 e. The molecule has 0 unspecified atom stereocenters. The number of benzene rings is 2. The predicted octanol–water partition coefficient (Wildman–Crippen LogP) is 2.69. The fraction of sp³-hybridized carbons (Fsp3) is 0.238. The second kappa shape index (κ2) is 9.08. The summed E-state index contributed by atoms with van der Waals surface area (Å²) in [6.07, 6.45) is 0.473. The quantitative estimate of drug-likeness (QED) is 0.473. The molecule has 9 nitrogen and oxygen atoms in total. The lowest BCUT2D eigenvalue weighted by Crippen LogP contribution is -2.24. The summed E-state index contributed by atoms with van der Waals surface area (Å²) in [5.74, 6) is -1.20. The summed E-state index contributed by atoms with van der Waals surface area (Å²) in [6, 6.07) is 12.9. The molecule has 1 amide bonds. The average Bonchev–Trinajstić information content (AvgIpc) is 3.28. The number of Topliss-reactive ketones (excluding diaryl/α,β-unsaturated/α-hetero) is 1. The van der Waals surface area contributed by atoms with Gasteiger partial charge in [0.2, 0.25) is 11.7 Å². The Bertz CT molecular complexity index is 1030. The number of esters is 1. The van der Waals surface area contributed by atoms with Crippen molar-refractivity contribution in [1.29, 1.82) is 0 Å². The summed E-state index contributed by atoms with van der Waals surface area (Å²) in [6.45, 7) is 5.11. The standard InChI is InChI=1S/C21H21N5O4/c1-13(2)20(28)23-17-8-4-15(5-9-17)19(27)14(3)30-21(29)16-6-10-18(11-7-16)26-12-22-24-25-26/h4-14H,1-3H3,(H,23,28)/t14-/m0/s1. The van der Waals surface area contributed by atoms with Gasteiger partial charge < -0.3 is 10.1 Å². The number of hydrogen-bond acceptors (Lipinski definition) is 7. The van der Waals surface area contributed by atoms with Gasteiger partial charge >= 0.3 is 5.97 Å². The van der Waals surface area contributed by atoms with Gasteiger partial charge in [0.1, 0.15) is 6.33 Å². The zero-order chi connectivity index (χ0) is 21.7. The maximum atomic E-state index is 12.6. The minimum absolute atomic E-state index is 0.109. The molecule has 0 fully saturated rings. The minimum Gasteiger partial charge on any atom is -0.451 e. The molecule has 3 aromatic rings.